The molecule has 0 spiro atoms. The van der Waals surface area contributed by atoms with Crippen LogP contribution in [0.2, 0.25) is 5.02 Å². The molecule has 3 rings (SSSR count). The molecular formula is C19H16ClN2O2-. The summed E-state index contributed by atoms with van der Waals surface area (Å²) in [5, 5.41) is 16.0. The number of rotatable bonds is 5. The first-order valence-electron chi connectivity index (χ1n) is 7.65. The molecule has 0 aliphatic carbocycles. The summed E-state index contributed by atoms with van der Waals surface area (Å²) in [6.07, 6.45) is 2.11. The Balaban J connectivity index is 1.96. The van der Waals surface area contributed by atoms with Gasteiger partial charge in [0.2, 0.25) is 0 Å². The minimum Gasteiger partial charge on any atom is -0.545 e. The van der Waals surface area contributed by atoms with Gasteiger partial charge >= 0.3 is 0 Å². The zero-order chi connectivity index (χ0) is 17.1. The number of pyridine rings is 1. The van der Waals surface area contributed by atoms with Crippen molar-refractivity contribution in [2.45, 2.75) is 13.3 Å². The number of halogens is 1. The molecular weight excluding hydrogens is 324 g/mol. The Bertz CT molecular complexity index is 895. The number of aromatic carboxylic acids is 1. The normalized spacial score (nSPS) is 10.8. The Morgan fingerprint density at radius 3 is 2.67 bits per heavy atom. The van der Waals surface area contributed by atoms with Gasteiger partial charge in [0.05, 0.1) is 17.2 Å². The molecule has 0 unspecified atom stereocenters. The van der Waals surface area contributed by atoms with Crippen LogP contribution in [0, 0.1) is 6.92 Å². The minimum atomic E-state index is -1.25. The van der Waals surface area contributed by atoms with Gasteiger partial charge in [-0.1, -0.05) is 41.9 Å². The van der Waals surface area contributed by atoms with E-state index in [4.69, 9.17) is 11.6 Å². The van der Waals surface area contributed by atoms with E-state index in [1.807, 2.05) is 37.3 Å². The Morgan fingerprint density at radius 2 is 1.96 bits per heavy atom. The van der Waals surface area contributed by atoms with Crippen molar-refractivity contribution in [2.75, 3.05) is 11.9 Å². The van der Waals surface area contributed by atoms with Crippen molar-refractivity contribution in [3.63, 3.8) is 0 Å². The molecule has 122 valence electrons. The van der Waals surface area contributed by atoms with Crippen LogP contribution in [0.4, 0.5) is 5.69 Å². The van der Waals surface area contributed by atoms with Crippen LogP contribution >= 0.6 is 11.6 Å². The fraction of sp³-hybridized carbons (Fsp3) is 0.158. The first kappa shape index (κ1) is 16.3. The summed E-state index contributed by atoms with van der Waals surface area (Å²) in [6, 6.07) is 13.5. The predicted octanol–water partition coefficient (Wildman–Crippen LogP) is 3.21. The number of anilines is 1. The molecule has 0 atom stereocenters. The van der Waals surface area contributed by atoms with E-state index in [2.05, 4.69) is 10.3 Å². The molecule has 1 heterocycles. The summed E-state index contributed by atoms with van der Waals surface area (Å²) < 4.78 is 0. The number of carboxylic acids is 1. The number of aromatic nitrogens is 1. The van der Waals surface area contributed by atoms with Crippen LogP contribution in [0.5, 0.6) is 0 Å². The molecule has 4 nitrogen and oxygen atoms in total. The molecule has 1 N–H and O–H groups in total. The molecule has 3 aromatic rings. The van der Waals surface area contributed by atoms with Gasteiger partial charge in [0, 0.05) is 28.7 Å². The molecule has 0 amide bonds. The number of hydrogen-bond acceptors (Lipinski definition) is 4. The number of carbonyl (C=O) groups excluding carboxylic acids is 1. The Labute approximate surface area is 145 Å². The molecule has 0 saturated carbocycles. The monoisotopic (exact) mass is 339 g/mol. The number of benzene rings is 2. The summed E-state index contributed by atoms with van der Waals surface area (Å²) in [5.74, 6) is -1.25. The fourth-order valence-electron chi connectivity index (χ4n) is 2.70. The van der Waals surface area contributed by atoms with Crippen LogP contribution in [0.25, 0.3) is 10.9 Å². The van der Waals surface area contributed by atoms with Gasteiger partial charge in [-0.05, 0) is 36.6 Å². The molecule has 0 bridgehead atoms. The Hall–Kier alpha value is -2.59. The van der Waals surface area contributed by atoms with E-state index < -0.39 is 5.97 Å². The molecule has 0 radical (unpaired) electrons. The molecule has 2 aromatic carbocycles. The lowest BCUT2D eigenvalue weighted by molar-refractivity contribution is -0.254. The maximum atomic E-state index is 11.4. The van der Waals surface area contributed by atoms with E-state index in [1.54, 1.807) is 12.1 Å². The first-order valence-corrected chi connectivity index (χ1v) is 8.02. The van der Waals surface area contributed by atoms with Crippen molar-refractivity contribution in [1.82, 2.24) is 4.98 Å². The highest BCUT2D eigenvalue weighted by atomic mass is 35.5. The van der Waals surface area contributed by atoms with Gasteiger partial charge in [-0.15, -0.1) is 0 Å². The lowest BCUT2D eigenvalue weighted by Crippen LogP contribution is -2.24. The smallest absolute Gasteiger partial charge is 0.0767 e. The highest BCUT2D eigenvalue weighted by molar-refractivity contribution is 6.32. The Kier molecular flexibility index (Phi) is 4.67. The molecule has 24 heavy (non-hydrogen) atoms. The van der Waals surface area contributed by atoms with E-state index in [9.17, 15) is 9.90 Å². The number of hydrogen-bond donors (Lipinski definition) is 1. The van der Waals surface area contributed by atoms with E-state index in [0.29, 0.717) is 22.8 Å². The zero-order valence-electron chi connectivity index (χ0n) is 13.2. The Morgan fingerprint density at radius 1 is 1.21 bits per heavy atom. The number of nitrogens with one attached hydrogen (secondary N) is 1. The van der Waals surface area contributed by atoms with Gasteiger partial charge in [0.25, 0.3) is 0 Å². The van der Waals surface area contributed by atoms with Crippen LogP contribution in [-0.2, 0) is 6.42 Å². The molecule has 0 saturated heterocycles. The predicted molar refractivity (Wildman–Crippen MR) is 94.5 cm³/mol. The van der Waals surface area contributed by atoms with E-state index >= 15 is 0 Å². The largest absolute Gasteiger partial charge is 0.545 e. The lowest BCUT2D eigenvalue weighted by atomic mass is 10.1. The van der Waals surface area contributed by atoms with Gasteiger partial charge in [-0.3, -0.25) is 4.98 Å². The van der Waals surface area contributed by atoms with Gasteiger partial charge < -0.3 is 15.2 Å². The highest BCUT2D eigenvalue weighted by Gasteiger charge is 2.12. The van der Waals surface area contributed by atoms with Crippen molar-refractivity contribution in [1.29, 1.82) is 0 Å². The SMILES string of the molecule is Cc1c(Cl)ccc2c(NCCc3ccccc3)c(C(=O)[O-])cnc12. The van der Waals surface area contributed by atoms with E-state index in [0.717, 1.165) is 17.4 Å². The summed E-state index contributed by atoms with van der Waals surface area (Å²) in [5.41, 5.74) is 3.27. The van der Waals surface area contributed by atoms with E-state index in [1.165, 1.54) is 11.8 Å². The summed E-state index contributed by atoms with van der Waals surface area (Å²) in [7, 11) is 0. The summed E-state index contributed by atoms with van der Waals surface area (Å²) in [6.45, 7) is 2.47. The molecule has 5 heteroatoms. The third-order valence-electron chi connectivity index (χ3n) is 4.00. The fourth-order valence-corrected chi connectivity index (χ4v) is 2.86. The lowest BCUT2D eigenvalue weighted by Gasteiger charge is -2.16. The van der Waals surface area contributed by atoms with Crippen LogP contribution in [-0.4, -0.2) is 17.5 Å². The number of nitrogens with zero attached hydrogens (tertiary/aromatic N) is 1. The van der Waals surface area contributed by atoms with Crippen LogP contribution < -0.4 is 10.4 Å². The number of carboxylic acid groups (broad SMARTS) is 1. The van der Waals surface area contributed by atoms with Gasteiger partial charge in [-0.2, -0.15) is 0 Å². The van der Waals surface area contributed by atoms with Crippen molar-refractivity contribution >= 4 is 34.2 Å². The van der Waals surface area contributed by atoms with Crippen molar-refractivity contribution < 1.29 is 9.90 Å². The van der Waals surface area contributed by atoms with Gasteiger partial charge in [-0.25, -0.2) is 0 Å². The van der Waals surface area contributed by atoms with Gasteiger partial charge in [0.1, 0.15) is 0 Å². The van der Waals surface area contributed by atoms with Crippen molar-refractivity contribution in [3.8, 4) is 0 Å². The highest BCUT2D eigenvalue weighted by Crippen LogP contribution is 2.31. The average Bonchev–Trinajstić information content (AvgIpc) is 2.59. The topological polar surface area (TPSA) is 65.0 Å². The summed E-state index contributed by atoms with van der Waals surface area (Å²) >= 11 is 6.14. The number of carbonyl (C=O) groups is 1. The third kappa shape index (κ3) is 3.19. The molecule has 0 aliphatic heterocycles. The van der Waals surface area contributed by atoms with Gasteiger partial charge in [0.15, 0.2) is 0 Å². The maximum Gasteiger partial charge on any atom is 0.0767 e. The van der Waals surface area contributed by atoms with Crippen LogP contribution in [0.15, 0.2) is 48.7 Å². The number of aryl methyl sites for hydroxylation is 1. The van der Waals surface area contributed by atoms with E-state index in [-0.39, 0.29) is 5.56 Å². The zero-order valence-corrected chi connectivity index (χ0v) is 13.9. The van der Waals surface area contributed by atoms with Crippen molar-refractivity contribution in [3.05, 3.63) is 70.4 Å². The second-order valence-electron chi connectivity index (χ2n) is 5.57. The first-order chi connectivity index (χ1) is 11.6. The quantitative estimate of drug-likeness (QED) is 0.775. The molecule has 0 aliphatic rings. The second-order valence-corrected chi connectivity index (χ2v) is 5.97. The maximum absolute atomic E-state index is 11.4. The van der Waals surface area contributed by atoms with Crippen molar-refractivity contribution in [2.24, 2.45) is 0 Å². The summed E-state index contributed by atoms with van der Waals surface area (Å²) in [4.78, 5) is 15.7. The average molecular weight is 340 g/mol. The van der Waals surface area contributed by atoms with Crippen LogP contribution in [0.1, 0.15) is 21.5 Å². The third-order valence-corrected chi connectivity index (χ3v) is 4.41. The molecule has 0 fully saturated rings. The number of fused-ring (bicyclic) bond motifs is 1. The minimum absolute atomic E-state index is 0.0530. The standard InChI is InChI=1S/C19H17ClN2O2/c1-12-16(20)8-7-14-17(12)22-11-15(19(23)24)18(14)21-10-9-13-5-3-2-4-6-13/h2-8,11H,9-10H2,1H3,(H,21,22)(H,23,24)/p-1. The molecule has 1 aromatic heterocycles. The second kappa shape index (κ2) is 6.89. The van der Waals surface area contributed by atoms with Crippen LogP contribution in [0.3, 0.4) is 0 Å².